The third kappa shape index (κ3) is 2.35. The Hall–Kier alpha value is -0.940. The summed E-state index contributed by atoms with van der Waals surface area (Å²) in [6.45, 7) is 2.59. The molecule has 0 bridgehead atoms. The van der Waals surface area contributed by atoms with Gasteiger partial charge in [-0.2, -0.15) is 0 Å². The van der Waals surface area contributed by atoms with Crippen molar-refractivity contribution < 1.29 is 14.6 Å². The maximum Gasteiger partial charge on any atom is 0.347 e. The van der Waals surface area contributed by atoms with Crippen LogP contribution in [0, 0.1) is 5.92 Å². The number of carboxylic acid groups (broad SMARTS) is 1. The van der Waals surface area contributed by atoms with Gasteiger partial charge in [-0.25, -0.2) is 9.78 Å². The largest absolute Gasteiger partial charge is 0.477 e. The average molecular weight is 227 g/mol. The summed E-state index contributed by atoms with van der Waals surface area (Å²) in [7, 11) is 0. The molecule has 0 spiro atoms. The van der Waals surface area contributed by atoms with Gasteiger partial charge >= 0.3 is 5.97 Å². The zero-order valence-corrected chi connectivity index (χ0v) is 9.29. The van der Waals surface area contributed by atoms with Crippen LogP contribution in [0.3, 0.4) is 0 Å². The van der Waals surface area contributed by atoms with E-state index in [0.717, 1.165) is 17.8 Å². The van der Waals surface area contributed by atoms with Crippen molar-refractivity contribution in [3.05, 3.63) is 16.1 Å². The summed E-state index contributed by atoms with van der Waals surface area (Å²) < 4.78 is 5.60. The molecule has 1 unspecified atom stereocenters. The Morgan fingerprint density at radius 3 is 3.00 bits per heavy atom. The number of thiazole rings is 1. The number of nitrogens with zero attached hydrogens (tertiary/aromatic N) is 1. The maximum absolute atomic E-state index is 10.7. The van der Waals surface area contributed by atoms with Crippen molar-refractivity contribution >= 4 is 17.3 Å². The van der Waals surface area contributed by atoms with Crippen molar-refractivity contribution in [3.63, 3.8) is 0 Å². The fourth-order valence-electron chi connectivity index (χ4n) is 1.51. The number of carbonyl (C=O) groups is 1. The van der Waals surface area contributed by atoms with Crippen LogP contribution in [-0.2, 0) is 4.74 Å². The van der Waals surface area contributed by atoms with Gasteiger partial charge in [0.2, 0.25) is 0 Å². The summed E-state index contributed by atoms with van der Waals surface area (Å²) in [5.74, 6) is -0.373. The van der Waals surface area contributed by atoms with Gasteiger partial charge in [0.1, 0.15) is 16.0 Å². The lowest BCUT2D eigenvalue weighted by Crippen LogP contribution is -2.05. The number of carboxylic acids is 1. The van der Waals surface area contributed by atoms with Gasteiger partial charge in [-0.05, 0) is 25.7 Å². The Kier molecular flexibility index (Phi) is 3.02. The molecule has 2 rings (SSSR count). The van der Waals surface area contributed by atoms with E-state index in [0.29, 0.717) is 12.5 Å². The van der Waals surface area contributed by atoms with Gasteiger partial charge < -0.3 is 9.84 Å². The van der Waals surface area contributed by atoms with Crippen LogP contribution >= 0.6 is 11.3 Å². The molecule has 1 fully saturated rings. The quantitative estimate of drug-likeness (QED) is 0.838. The van der Waals surface area contributed by atoms with E-state index >= 15 is 0 Å². The van der Waals surface area contributed by atoms with Crippen LogP contribution in [0.4, 0.5) is 0 Å². The standard InChI is InChI=1S/C10H13NO3S/c1-2-14-8(6-3-4-6)9-11-5-7(15-9)10(12)13/h5-6,8H,2-4H2,1H3,(H,12,13). The summed E-state index contributed by atoms with van der Waals surface area (Å²) in [5.41, 5.74) is 0. The number of aromatic nitrogens is 1. The topological polar surface area (TPSA) is 59.4 Å². The molecule has 0 amide bonds. The zero-order chi connectivity index (χ0) is 10.8. The van der Waals surface area contributed by atoms with E-state index in [9.17, 15) is 4.79 Å². The fourth-order valence-corrected chi connectivity index (χ4v) is 2.41. The van der Waals surface area contributed by atoms with Crippen LogP contribution in [0.15, 0.2) is 6.20 Å². The van der Waals surface area contributed by atoms with E-state index < -0.39 is 5.97 Å². The second-order valence-electron chi connectivity index (χ2n) is 3.58. The van der Waals surface area contributed by atoms with Gasteiger partial charge in [0.05, 0.1) is 6.20 Å². The van der Waals surface area contributed by atoms with Gasteiger partial charge in [0, 0.05) is 6.61 Å². The zero-order valence-electron chi connectivity index (χ0n) is 8.47. The lowest BCUT2D eigenvalue weighted by atomic mass is 10.2. The van der Waals surface area contributed by atoms with Crippen LogP contribution in [-0.4, -0.2) is 22.7 Å². The van der Waals surface area contributed by atoms with Gasteiger partial charge in [-0.1, -0.05) is 0 Å². The minimum absolute atomic E-state index is 0.00750. The molecule has 5 heteroatoms. The highest BCUT2D eigenvalue weighted by Crippen LogP contribution is 2.44. The average Bonchev–Trinajstić information content (AvgIpc) is 2.91. The molecule has 1 aromatic rings. The maximum atomic E-state index is 10.7. The summed E-state index contributed by atoms with van der Waals surface area (Å²) in [4.78, 5) is 15.1. The fraction of sp³-hybridized carbons (Fsp3) is 0.600. The van der Waals surface area contributed by atoms with Gasteiger partial charge in [0.25, 0.3) is 0 Å². The molecule has 1 aromatic heterocycles. The van der Waals surface area contributed by atoms with Crippen molar-refractivity contribution in [3.8, 4) is 0 Å². The van der Waals surface area contributed by atoms with Crippen molar-refractivity contribution in [2.45, 2.75) is 25.9 Å². The molecule has 0 aliphatic heterocycles. The molecule has 0 aromatic carbocycles. The van der Waals surface area contributed by atoms with Crippen LogP contribution in [0.1, 0.15) is 40.5 Å². The van der Waals surface area contributed by atoms with Gasteiger partial charge in [-0.3, -0.25) is 0 Å². The highest BCUT2D eigenvalue weighted by Gasteiger charge is 2.35. The molecular formula is C10H13NO3S. The summed E-state index contributed by atoms with van der Waals surface area (Å²) in [6.07, 6.45) is 3.74. The highest BCUT2D eigenvalue weighted by atomic mass is 32.1. The van der Waals surface area contributed by atoms with E-state index in [1.165, 1.54) is 17.5 Å². The molecule has 82 valence electrons. The van der Waals surface area contributed by atoms with Gasteiger partial charge in [0.15, 0.2) is 0 Å². The molecule has 1 N–H and O–H groups in total. The van der Waals surface area contributed by atoms with E-state index in [-0.39, 0.29) is 11.0 Å². The normalized spacial score (nSPS) is 17.7. The summed E-state index contributed by atoms with van der Waals surface area (Å²) >= 11 is 1.22. The minimum atomic E-state index is -0.912. The summed E-state index contributed by atoms with van der Waals surface area (Å²) in [5, 5.41) is 9.60. The summed E-state index contributed by atoms with van der Waals surface area (Å²) in [6, 6.07) is 0. The lowest BCUT2D eigenvalue weighted by Gasteiger charge is -2.12. The predicted molar refractivity (Wildman–Crippen MR) is 56.2 cm³/mol. The molecule has 15 heavy (non-hydrogen) atoms. The second-order valence-corrected chi connectivity index (χ2v) is 4.64. The highest BCUT2D eigenvalue weighted by molar-refractivity contribution is 7.13. The van der Waals surface area contributed by atoms with E-state index in [2.05, 4.69) is 4.98 Å². The van der Waals surface area contributed by atoms with Crippen molar-refractivity contribution in [1.82, 2.24) is 4.98 Å². The Labute approximate surface area is 91.9 Å². The smallest absolute Gasteiger partial charge is 0.347 e. The monoisotopic (exact) mass is 227 g/mol. The van der Waals surface area contributed by atoms with Crippen LogP contribution < -0.4 is 0 Å². The minimum Gasteiger partial charge on any atom is -0.477 e. The molecule has 4 nitrogen and oxygen atoms in total. The predicted octanol–water partition coefficient (Wildman–Crippen LogP) is 2.33. The first kappa shape index (κ1) is 10.6. The van der Waals surface area contributed by atoms with E-state index in [4.69, 9.17) is 9.84 Å². The molecule has 0 saturated heterocycles. The third-order valence-corrected chi connectivity index (χ3v) is 3.42. The molecule has 1 atom stereocenters. The first-order valence-corrected chi connectivity index (χ1v) is 5.84. The molecule has 0 radical (unpaired) electrons. The lowest BCUT2D eigenvalue weighted by molar-refractivity contribution is 0.0462. The van der Waals surface area contributed by atoms with Crippen molar-refractivity contribution in [2.24, 2.45) is 5.92 Å². The number of hydrogen-bond donors (Lipinski definition) is 1. The first-order valence-electron chi connectivity index (χ1n) is 5.03. The first-order chi connectivity index (χ1) is 7.22. The van der Waals surface area contributed by atoms with Crippen molar-refractivity contribution in [2.75, 3.05) is 6.61 Å². The molecule has 1 aliphatic carbocycles. The Morgan fingerprint density at radius 2 is 2.53 bits per heavy atom. The van der Waals surface area contributed by atoms with Crippen LogP contribution in [0.25, 0.3) is 0 Å². The van der Waals surface area contributed by atoms with Gasteiger partial charge in [-0.15, -0.1) is 11.3 Å². The number of rotatable bonds is 5. The van der Waals surface area contributed by atoms with E-state index in [1.54, 1.807) is 0 Å². The number of ether oxygens (including phenoxy) is 1. The second kappa shape index (κ2) is 4.28. The van der Waals surface area contributed by atoms with E-state index in [1.807, 2.05) is 6.92 Å². The SMILES string of the molecule is CCOC(c1ncc(C(=O)O)s1)C1CC1. The molecule has 1 aliphatic rings. The molecular weight excluding hydrogens is 214 g/mol. The Morgan fingerprint density at radius 1 is 1.80 bits per heavy atom. The van der Waals surface area contributed by atoms with Crippen LogP contribution in [0.5, 0.6) is 0 Å². The molecule has 1 saturated carbocycles. The van der Waals surface area contributed by atoms with Crippen LogP contribution in [0.2, 0.25) is 0 Å². The molecule has 1 heterocycles. The Bertz CT molecular complexity index is 359. The number of hydrogen-bond acceptors (Lipinski definition) is 4. The Balaban J connectivity index is 2.14. The number of aromatic carboxylic acids is 1. The third-order valence-electron chi connectivity index (χ3n) is 2.37. The van der Waals surface area contributed by atoms with Crippen molar-refractivity contribution in [1.29, 1.82) is 0 Å².